The number of likely N-dealkylation sites (tertiary alicyclic amines) is 1. The fourth-order valence-electron chi connectivity index (χ4n) is 3.86. The van der Waals surface area contributed by atoms with Crippen LogP contribution in [0.3, 0.4) is 0 Å². The number of rotatable bonds is 5. The lowest BCUT2D eigenvalue weighted by Gasteiger charge is -2.26. The number of imidazole rings is 1. The number of aromatic nitrogens is 2. The Morgan fingerprint density at radius 2 is 2.03 bits per heavy atom. The van der Waals surface area contributed by atoms with Crippen molar-refractivity contribution < 1.29 is 23.0 Å². The molecule has 8 heteroatoms. The van der Waals surface area contributed by atoms with Crippen molar-refractivity contribution in [2.75, 3.05) is 20.8 Å². The highest BCUT2D eigenvalue weighted by molar-refractivity contribution is 5.97. The van der Waals surface area contributed by atoms with Crippen molar-refractivity contribution in [1.29, 1.82) is 0 Å². The van der Waals surface area contributed by atoms with Crippen LogP contribution in [0.25, 0.3) is 11.0 Å². The summed E-state index contributed by atoms with van der Waals surface area (Å²) >= 11 is 0. The number of carbonyl (C=O) groups is 1. The van der Waals surface area contributed by atoms with Gasteiger partial charge in [-0.2, -0.15) is 0 Å². The summed E-state index contributed by atoms with van der Waals surface area (Å²) in [5.41, 5.74) is 2.18. The molecule has 3 aromatic rings. The average molecular weight is 401 g/mol. The summed E-state index contributed by atoms with van der Waals surface area (Å²) in [6.45, 7) is 0.613. The Bertz CT molecular complexity index is 1050. The number of alkyl halides is 2. The van der Waals surface area contributed by atoms with Crippen LogP contribution >= 0.6 is 0 Å². The molecule has 2 aromatic carbocycles. The first-order chi connectivity index (χ1) is 14.0. The van der Waals surface area contributed by atoms with Gasteiger partial charge < -0.3 is 19.4 Å². The van der Waals surface area contributed by atoms with Crippen molar-refractivity contribution in [3.8, 4) is 11.5 Å². The fraction of sp³-hybridized carbons (Fsp3) is 0.333. The average Bonchev–Trinajstić information content (AvgIpc) is 3.39. The molecule has 2 heterocycles. The number of carbonyl (C=O) groups excluding carboxylic acids is 1. The van der Waals surface area contributed by atoms with Gasteiger partial charge in [0.05, 0.1) is 31.3 Å². The SMILES string of the molecule is COc1ccc(C2CCCN2C(=O)c2ccc3nc(C(F)F)[nH]c3c2)c(OC)c1. The van der Waals surface area contributed by atoms with Crippen molar-refractivity contribution >= 4 is 16.9 Å². The lowest BCUT2D eigenvalue weighted by molar-refractivity contribution is 0.0734. The predicted octanol–water partition coefficient (Wildman–Crippen LogP) is 4.50. The van der Waals surface area contributed by atoms with E-state index in [-0.39, 0.29) is 11.9 Å². The monoisotopic (exact) mass is 401 g/mol. The summed E-state index contributed by atoms with van der Waals surface area (Å²) in [6.07, 6.45) is -1.00. The van der Waals surface area contributed by atoms with Crippen molar-refractivity contribution in [2.45, 2.75) is 25.3 Å². The third-order valence-corrected chi connectivity index (χ3v) is 5.27. The first kappa shape index (κ1) is 19.2. The van der Waals surface area contributed by atoms with Crippen LogP contribution in [0, 0.1) is 0 Å². The van der Waals surface area contributed by atoms with Gasteiger partial charge in [-0.15, -0.1) is 0 Å². The zero-order chi connectivity index (χ0) is 20.5. The van der Waals surface area contributed by atoms with E-state index in [1.165, 1.54) is 0 Å². The van der Waals surface area contributed by atoms with Gasteiger partial charge in [0.15, 0.2) is 5.82 Å². The number of ether oxygens (including phenoxy) is 2. The zero-order valence-electron chi connectivity index (χ0n) is 16.1. The maximum Gasteiger partial charge on any atom is 0.295 e. The van der Waals surface area contributed by atoms with E-state index in [0.717, 1.165) is 18.4 Å². The Balaban J connectivity index is 1.65. The number of methoxy groups -OCH3 is 2. The molecule has 0 aliphatic carbocycles. The topological polar surface area (TPSA) is 67.5 Å². The minimum absolute atomic E-state index is 0.127. The van der Waals surface area contributed by atoms with E-state index in [0.29, 0.717) is 34.6 Å². The molecule has 1 unspecified atom stereocenters. The first-order valence-electron chi connectivity index (χ1n) is 9.32. The zero-order valence-corrected chi connectivity index (χ0v) is 16.1. The number of benzene rings is 2. The third-order valence-electron chi connectivity index (χ3n) is 5.27. The van der Waals surface area contributed by atoms with Gasteiger partial charge in [-0.05, 0) is 43.2 Å². The fourth-order valence-corrected chi connectivity index (χ4v) is 3.86. The molecule has 1 aliphatic rings. The molecule has 6 nitrogen and oxygen atoms in total. The second-order valence-corrected chi connectivity index (χ2v) is 6.92. The van der Waals surface area contributed by atoms with Crippen LogP contribution < -0.4 is 9.47 Å². The number of nitrogens with one attached hydrogen (secondary N) is 1. The molecule has 0 bridgehead atoms. The normalized spacial score (nSPS) is 16.6. The summed E-state index contributed by atoms with van der Waals surface area (Å²) in [6, 6.07) is 10.2. The number of hydrogen-bond acceptors (Lipinski definition) is 4. The van der Waals surface area contributed by atoms with E-state index in [1.807, 2.05) is 12.1 Å². The van der Waals surface area contributed by atoms with Crippen molar-refractivity contribution in [3.05, 3.63) is 53.3 Å². The Morgan fingerprint density at radius 3 is 2.76 bits per heavy atom. The molecule has 0 saturated carbocycles. The van der Waals surface area contributed by atoms with Gasteiger partial charge in [0.2, 0.25) is 0 Å². The molecule has 1 aromatic heterocycles. The Morgan fingerprint density at radius 1 is 1.21 bits per heavy atom. The first-order valence-corrected chi connectivity index (χ1v) is 9.32. The molecular formula is C21H21F2N3O3. The molecule has 1 amide bonds. The minimum Gasteiger partial charge on any atom is -0.497 e. The second-order valence-electron chi connectivity index (χ2n) is 6.92. The Hall–Kier alpha value is -3.16. The van der Waals surface area contributed by atoms with Crippen LogP contribution in [-0.2, 0) is 0 Å². The molecule has 1 aliphatic heterocycles. The number of fused-ring (bicyclic) bond motifs is 1. The second kappa shape index (κ2) is 7.69. The van der Waals surface area contributed by atoms with Gasteiger partial charge in [0.25, 0.3) is 12.3 Å². The van der Waals surface area contributed by atoms with Gasteiger partial charge >= 0.3 is 0 Å². The van der Waals surface area contributed by atoms with Crippen LogP contribution in [0.5, 0.6) is 11.5 Å². The maximum atomic E-state index is 13.2. The Labute approximate surface area is 166 Å². The van der Waals surface area contributed by atoms with Crippen molar-refractivity contribution in [1.82, 2.24) is 14.9 Å². The third kappa shape index (κ3) is 3.50. The quantitative estimate of drug-likeness (QED) is 0.684. The highest BCUT2D eigenvalue weighted by atomic mass is 19.3. The minimum atomic E-state index is -2.69. The van der Waals surface area contributed by atoms with Gasteiger partial charge in [-0.3, -0.25) is 4.79 Å². The summed E-state index contributed by atoms with van der Waals surface area (Å²) < 4.78 is 36.5. The van der Waals surface area contributed by atoms with Gasteiger partial charge in [-0.1, -0.05) is 0 Å². The van der Waals surface area contributed by atoms with E-state index in [9.17, 15) is 13.6 Å². The molecule has 1 saturated heterocycles. The van der Waals surface area contributed by atoms with Gasteiger partial charge in [-0.25, -0.2) is 13.8 Å². The molecule has 1 atom stereocenters. The van der Waals surface area contributed by atoms with Crippen LogP contribution in [0.1, 0.15) is 47.1 Å². The predicted molar refractivity (Wildman–Crippen MR) is 104 cm³/mol. The number of nitrogens with zero attached hydrogens (tertiary/aromatic N) is 2. The Kier molecular flexibility index (Phi) is 5.08. The smallest absolute Gasteiger partial charge is 0.295 e. The standard InChI is InChI=1S/C21H21F2N3O3/c1-28-13-6-7-14(18(11-13)29-2)17-4-3-9-26(17)21(27)12-5-8-15-16(10-12)25-20(24-15)19(22)23/h5-8,10-11,17,19H,3-4,9H2,1-2H3,(H,24,25). The molecule has 152 valence electrons. The van der Waals surface area contributed by atoms with E-state index >= 15 is 0 Å². The van der Waals surface area contributed by atoms with E-state index in [4.69, 9.17) is 9.47 Å². The maximum absolute atomic E-state index is 13.2. The highest BCUT2D eigenvalue weighted by Gasteiger charge is 2.32. The van der Waals surface area contributed by atoms with Crippen molar-refractivity contribution in [2.24, 2.45) is 0 Å². The number of halogens is 2. The van der Waals surface area contributed by atoms with Gasteiger partial charge in [0, 0.05) is 23.7 Å². The summed E-state index contributed by atoms with van der Waals surface area (Å²) in [4.78, 5) is 21.5. The molecule has 0 spiro atoms. The number of aromatic amines is 1. The number of H-pyrrole nitrogens is 1. The molecule has 0 radical (unpaired) electrons. The van der Waals surface area contributed by atoms with E-state index < -0.39 is 12.2 Å². The summed E-state index contributed by atoms with van der Waals surface area (Å²) in [5, 5.41) is 0. The molecule has 1 fully saturated rings. The highest BCUT2D eigenvalue weighted by Crippen LogP contribution is 2.39. The number of hydrogen-bond donors (Lipinski definition) is 1. The van der Waals surface area contributed by atoms with E-state index in [1.54, 1.807) is 43.4 Å². The van der Waals surface area contributed by atoms with Crippen LogP contribution in [0.15, 0.2) is 36.4 Å². The summed E-state index contributed by atoms with van der Waals surface area (Å²) in [5.74, 6) is 0.799. The molecule has 1 N–H and O–H groups in total. The van der Waals surface area contributed by atoms with Crippen LogP contribution in [0.2, 0.25) is 0 Å². The largest absolute Gasteiger partial charge is 0.497 e. The van der Waals surface area contributed by atoms with Gasteiger partial charge in [0.1, 0.15) is 11.5 Å². The number of amides is 1. The molecule has 29 heavy (non-hydrogen) atoms. The van der Waals surface area contributed by atoms with Crippen LogP contribution in [-0.4, -0.2) is 41.5 Å². The lowest BCUT2D eigenvalue weighted by Crippen LogP contribution is -2.30. The lowest BCUT2D eigenvalue weighted by atomic mass is 10.0. The van der Waals surface area contributed by atoms with E-state index in [2.05, 4.69) is 9.97 Å². The van der Waals surface area contributed by atoms with Crippen LogP contribution in [0.4, 0.5) is 8.78 Å². The molecular weight excluding hydrogens is 380 g/mol. The summed E-state index contributed by atoms with van der Waals surface area (Å²) in [7, 11) is 3.18. The van der Waals surface area contributed by atoms with Crippen molar-refractivity contribution in [3.63, 3.8) is 0 Å². The molecule has 4 rings (SSSR count).